The van der Waals surface area contributed by atoms with Crippen LogP contribution in [0.4, 0.5) is 15.8 Å². The van der Waals surface area contributed by atoms with Crippen LogP contribution in [0.25, 0.3) is 11.0 Å². The Morgan fingerprint density at radius 1 is 1.03 bits per heavy atom. The van der Waals surface area contributed by atoms with Gasteiger partial charge in [-0.3, -0.25) is 9.59 Å². The molecule has 0 spiro atoms. The van der Waals surface area contributed by atoms with Crippen LogP contribution in [0.1, 0.15) is 32.0 Å². The van der Waals surface area contributed by atoms with E-state index in [1.165, 1.54) is 12.1 Å². The SMILES string of the molecule is CC(C)N(C(=O)Cn1c(C2CC(=O)N(c3ccc(F)cc3)C2)nc2ccccc21)c1ccccc1. The lowest BCUT2D eigenvalue weighted by molar-refractivity contribution is -0.119. The molecule has 1 aromatic heterocycles. The number of halogens is 1. The van der Waals surface area contributed by atoms with Crippen molar-refractivity contribution in [3.8, 4) is 0 Å². The molecule has 1 saturated heterocycles. The van der Waals surface area contributed by atoms with E-state index in [4.69, 9.17) is 4.98 Å². The number of carbonyl (C=O) groups is 2. The molecular formula is C28H27FN4O2. The Hall–Kier alpha value is -4.00. The lowest BCUT2D eigenvalue weighted by atomic mass is 10.1. The van der Waals surface area contributed by atoms with E-state index in [-0.39, 0.29) is 42.6 Å². The summed E-state index contributed by atoms with van der Waals surface area (Å²) in [5.74, 6) is 0.103. The summed E-state index contributed by atoms with van der Waals surface area (Å²) in [5.41, 5.74) is 3.16. The zero-order valence-electron chi connectivity index (χ0n) is 19.8. The Kier molecular flexibility index (Phi) is 6.07. The van der Waals surface area contributed by atoms with Gasteiger partial charge in [-0.25, -0.2) is 9.37 Å². The summed E-state index contributed by atoms with van der Waals surface area (Å²) in [6.07, 6.45) is 0.279. The van der Waals surface area contributed by atoms with Crippen LogP contribution in [0, 0.1) is 5.82 Å². The normalized spacial score (nSPS) is 15.8. The summed E-state index contributed by atoms with van der Waals surface area (Å²) in [4.78, 5) is 34.8. The molecule has 7 heteroatoms. The molecule has 1 aliphatic rings. The number of fused-ring (bicyclic) bond motifs is 1. The maximum atomic E-state index is 13.6. The van der Waals surface area contributed by atoms with Gasteiger partial charge in [-0.2, -0.15) is 0 Å². The number of nitrogens with zero attached hydrogens (tertiary/aromatic N) is 4. The number of anilines is 2. The van der Waals surface area contributed by atoms with Gasteiger partial charge in [0.1, 0.15) is 18.2 Å². The Bertz CT molecular complexity index is 1370. The zero-order valence-corrected chi connectivity index (χ0v) is 19.8. The number of rotatable bonds is 6. The number of hydrogen-bond donors (Lipinski definition) is 0. The molecule has 1 aliphatic heterocycles. The average molecular weight is 471 g/mol. The zero-order chi connectivity index (χ0) is 24.5. The van der Waals surface area contributed by atoms with Crippen molar-refractivity contribution >= 4 is 34.2 Å². The smallest absolute Gasteiger partial charge is 0.247 e. The highest BCUT2D eigenvalue weighted by molar-refractivity contribution is 5.97. The molecule has 4 aromatic rings. The van der Waals surface area contributed by atoms with Gasteiger partial charge in [0, 0.05) is 36.3 Å². The Morgan fingerprint density at radius 2 is 1.71 bits per heavy atom. The molecule has 6 nitrogen and oxygen atoms in total. The van der Waals surface area contributed by atoms with Crippen LogP contribution < -0.4 is 9.80 Å². The van der Waals surface area contributed by atoms with Gasteiger partial charge in [0.25, 0.3) is 0 Å². The summed E-state index contributed by atoms with van der Waals surface area (Å²) in [6.45, 7) is 4.53. The van der Waals surface area contributed by atoms with Crippen LogP contribution in [0.15, 0.2) is 78.9 Å². The summed E-state index contributed by atoms with van der Waals surface area (Å²) in [5, 5.41) is 0. The molecule has 0 radical (unpaired) electrons. The number of aromatic nitrogens is 2. The molecule has 1 fully saturated rings. The van der Waals surface area contributed by atoms with E-state index in [0.717, 1.165) is 16.7 Å². The fraction of sp³-hybridized carbons (Fsp3) is 0.250. The molecule has 35 heavy (non-hydrogen) atoms. The molecule has 1 atom stereocenters. The number of amides is 2. The van der Waals surface area contributed by atoms with Crippen molar-refractivity contribution in [1.82, 2.24) is 9.55 Å². The van der Waals surface area contributed by atoms with E-state index < -0.39 is 0 Å². The summed E-state index contributed by atoms with van der Waals surface area (Å²) < 4.78 is 15.3. The van der Waals surface area contributed by atoms with Crippen molar-refractivity contribution in [2.75, 3.05) is 16.3 Å². The second kappa shape index (κ2) is 9.33. The highest BCUT2D eigenvalue weighted by Gasteiger charge is 2.35. The van der Waals surface area contributed by atoms with Crippen LogP contribution in [0.2, 0.25) is 0 Å². The first-order valence-electron chi connectivity index (χ1n) is 11.8. The molecule has 0 aliphatic carbocycles. The van der Waals surface area contributed by atoms with E-state index in [1.807, 2.05) is 73.0 Å². The molecule has 0 N–H and O–H groups in total. The van der Waals surface area contributed by atoms with E-state index in [9.17, 15) is 14.0 Å². The molecular weight excluding hydrogens is 443 g/mol. The summed E-state index contributed by atoms with van der Waals surface area (Å²) >= 11 is 0. The van der Waals surface area contributed by atoms with E-state index in [1.54, 1.807) is 21.9 Å². The van der Waals surface area contributed by atoms with Crippen molar-refractivity contribution in [1.29, 1.82) is 0 Å². The molecule has 2 heterocycles. The minimum absolute atomic E-state index is 0.0230. The second-order valence-electron chi connectivity index (χ2n) is 9.12. The molecule has 3 aromatic carbocycles. The first kappa shape index (κ1) is 22.8. The minimum Gasteiger partial charge on any atom is -0.318 e. The van der Waals surface area contributed by atoms with Gasteiger partial charge in [0.2, 0.25) is 11.8 Å². The van der Waals surface area contributed by atoms with Crippen LogP contribution >= 0.6 is 0 Å². The van der Waals surface area contributed by atoms with E-state index in [0.29, 0.717) is 18.1 Å². The third kappa shape index (κ3) is 4.41. The minimum atomic E-state index is -0.342. The van der Waals surface area contributed by atoms with Gasteiger partial charge in [-0.05, 0) is 62.4 Å². The second-order valence-corrected chi connectivity index (χ2v) is 9.12. The van der Waals surface area contributed by atoms with Crippen LogP contribution in [0.5, 0.6) is 0 Å². The first-order valence-corrected chi connectivity index (χ1v) is 11.8. The van der Waals surface area contributed by atoms with Gasteiger partial charge in [-0.15, -0.1) is 0 Å². The predicted molar refractivity (Wildman–Crippen MR) is 135 cm³/mol. The molecule has 1 unspecified atom stereocenters. The van der Waals surface area contributed by atoms with Crippen molar-refractivity contribution < 1.29 is 14.0 Å². The number of para-hydroxylation sites is 3. The van der Waals surface area contributed by atoms with E-state index in [2.05, 4.69) is 0 Å². The molecule has 0 bridgehead atoms. The molecule has 178 valence electrons. The van der Waals surface area contributed by atoms with Crippen molar-refractivity contribution in [2.24, 2.45) is 0 Å². The molecule has 5 rings (SSSR count). The molecule has 2 amide bonds. The quantitative estimate of drug-likeness (QED) is 0.392. The third-order valence-electron chi connectivity index (χ3n) is 6.43. The fourth-order valence-electron chi connectivity index (χ4n) is 4.85. The van der Waals surface area contributed by atoms with Crippen molar-refractivity contribution in [2.45, 2.75) is 38.8 Å². The number of imidazole rings is 1. The maximum Gasteiger partial charge on any atom is 0.247 e. The number of hydrogen-bond acceptors (Lipinski definition) is 3. The van der Waals surface area contributed by atoms with Crippen molar-refractivity contribution in [3.05, 3.63) is 90.5 Å². The van der Waals surface area contributed by atoms with Crippen molar-refractivity contribution in [3.63, 3.8) is 0 Å². The third-order valence-corrected chi connectivity index (χ3v) is 6.43. The van der Waals surface area contributed by atoms with Gasteiger partial charge in [-0.1, -0.05) is 30.3 Å². The maximum absolute atomic E-state index is 13.6. The van der Waals surface area contributed by atoms with Crippen LogP contribution in [-0.4, -0.2) is 34.0 Å². The Labute approximate surface area is 203 Å². The summed E-state index contributed by atoms with van der Waals surface area (Å²) in [7, 11) is 0. The van der Waals surface area contributed by atoms with Gasteiger partial charge >= 0.3 is 0 Å². The number of benzene rings is 3. The van der Waals surface area contributed by atoms with Crippen LogP contribution in [0.3, 0.4) is 0 Å². The van der Waals surface area contributed by atoms with Gasteiger partial charge in [0.05, 0.1) is 11.0 Å². The topological polar surface area (TPSA) is 58.4 Å². The lowest BCUT2D eigenvalue weighted by Gasteiger charge is -2.27. The van der Waals surface area contributed by atoms with Gasteiger partial charge < -0.3 is 14.4 Å². The summed E-state index contributed by atoms with van der Waals surface area (Å²) in [6, 6.07) is 23.3. The standard InChI is InChI=1S/C28H27FN4O2/c1-19(2)33(23-8-4-3-5-9-23)27(35)18-32-25-11-7-6-10-24(25)30-28(32)20-16-26(34)31(17-20)22-14-12-21(29)13-15-22/h3-15,19-20H,16-18H2,1-2H3. The lowest BCUT2D eigenvalue weighted by Crippen LogP contribution is -2.39. The Morgan fingerprint density at radius 3 is 2.43 bits per heavy atom. The highest BCUT2D eigenvalue weighted by Crippen LogP contribution is 2.33. The Balaban J connectivity index is 1.49. The predicted octanol–water partition coefficient (Wildman–Crippen LogP) is 5.14. The highest BCUT2D eigenvalue weighted by atomic mass is 19.1. The first-order chi connectivity index (χ1) is 16.9. The average Bonchev–Trinajstić information content (AvgIpc) is 3.41. The fourth-order valence-corrected chi connectivity index (χ4v) is 4.85. The molecule has 0 saturated carbocycles. The van der Waals surface area contributed by atoms with Crippen LogP contribution in [-0.2, 0) is 16.1 Å². The number of carbonyl (C=O) groups excluding carboxylic acids is 2. The monoisotopic (exact) mass is 470 g/mol. The van der Waals surface area contributed by atoms with E-state index >= 15 is 0 Å². The largest absolute Gasteiger partial charge is 0.318 e. The van der Waals surface area contributed by atoms with Gasteiger partial charge in [0.15, 0.2) is 0 Å².